The summed E-state index contributed by atoms with van der Waals surface area (Å²) in [5.41, 5.74) is 3.41. The van der Waals surface area contributed by atoms with Gasteiger partial charge in [-0.15, -0.1) is 24.8 Å². The number of H-pyrrole nitrogens is 1. The zero-order chi connectivity index (χ0) is 16.2. The quantitative estimate of drug-likeness (QED) is 0.838. The Balaban J connectivity index is 0.00000156. The lowest BCUT2D eigenvalue weighted by Crippen LogP contribution is -2.49. The molecule has 25 heavy (non-hydrogen) atoms. The van der Waals surface area contributed by atoms with Gasteiger partial charge in [0.15, 0.2) is 0 Å². The lowest BCUT2D eigenvalue weighted by atomic mass is 9.91. The average Bonchev–Trinajstić information content (AvgIpc) is 2.61. The number of aromatic amines is 1. The van der Waals surface area contributed by atoms with Gasteiger partial charge >= 0.3 is 0 Å². The number of nitrogens with zero attached hydrogens (tertiary/aromatic N) is 3. The molecule has 1 fully saturated rings. The summed E-state index contributed by atoms with van der Waals surface area (Å²) in [6, 6.07) is 0.699. The Morgan fingerprint density at radius 1 is 1.08 bits per heavy atom. The minimum absolute atomic E-state index is 0. The Kier molecular flexibility index (Phi) is 9.43. The van der Waals surface area contributed by atoms with E-state index in [0.29, 0.717) is 6.04 Å². The van der Waals surface area contributed by atoms with Crippen LogP contribution in [0.15, 0.2) is 4.79 Å². The molecule has 1 aromatic rings. The Hall–Kier alpha value is -0.620. The molecule has 2 aliphatic rings. The smallest absolute Gasteiger partial charge is 0.267 e. The van der Waals surface area contributed by atoms with E-state index >= 15 is 0 Å². The number of aromatic nitrogens is 2. The Bertz CT molecular complexity index is 585. The second-order valence-electron chi connectivity index (χ2n) is 7.05. The van der Waals surface area contributed by atoms with Gasteiger partial charge in [0.1, 0.15) is 0 Å². The normalized spacial score (nSPS) is 19.4. The molecule has 144 valence electrons. The molecule has 0 radical (unpaired) electrons. The second kappa shape index (κ2) is 10.5. The molecule has 1 aliphatic heterocycles. The van der Waals surface area contributed by atoms with E-state index in [2.05, 4.69) is 33.8 Å². The Labute approximate surface area is 163 Å². The van der Waals surface area contributed by atoms with Gasteiger partial charge in [-0.25, -0.2) is 5.10 Å². The fourth-order valence-electron chi connectivity index (χ4n) is 3.88. The van der Waals surface area contributed by atoms with Crippen molar-refractivity contribution in [2.24, 2.45) is 0 Å². The molecule has 2 heterocycles. The van der Waals surface area contributed by atoms with Gasteiger partial charge in [0.05, 0.1) is 5.69 Å². The molecule has 1 aliphatic carbocycles. The number of rotatable bonds is 5. The second-order valence-corrected chi connectivity index (χ2v) is 7.05. The standard InChI is InChI=1S/C18H30N4O.2ClH/c1-3-14(2)22-12-10-21(11-13-22)9-8-17-15-6-4-5-7-16(15)18(23)20-19-17;;/h14H,3-13H2,1-2H3,(H,20,23);2*1H. The summed E-state index contributed by atoms with van der Waals surface area (Å²) in [4.78, 5) is 17.1. The highest BCUT2D eigenvalue weighted by Crippen LogP contribution is 2.20. The number of hydrogen-bond acceptors (Lipinski definition) is 4. The number of nitrogens with one attached hydrogen (secondary N) is 1. The molecule has 5 nitrogen and oxygen atoms in total. The van der Waals surface area contributed by atoms with E-state index in [9.17, 15) is 4.79 Å². The van der Waals surface area contributed by atoms with Crippen LogP contribution in [0.4, 0.5) is 0 Å². The third kappa shape index (κ3) is 5.43. The molecule has 0 saturated carbocycles. The highest BCUT2D eigenvalue weighted by molar-refractivity contribution is 5.85. The zero-order valence-electron chi connectivity index (χ0n) is 15.4. The molecule has 0 spiro atoms. The van der Waals surface area contributed by atoms with E-state index in [1.54, 1.807) is 0 Å². The van der Waals surface area contributed by atoms with E-state index in [4.69, 9.17) is 0 Å². The summed E-state index contributed by atoms with van der Waals surface area (Å²) in [6.45, 7) is 10.3. The summed E-state index contributed by atoms with van der Waals surface area (Å²) in [7, 11) is 0. The SMILES string of the molecule is CCC(C)N1CCN(CCc2n[nH]c(=O)c3c2CCCC3)CC1.Cl.Cl. The van der Waals surface area contributed by atoms with E-state index in [0.717, 1.165) is 56.6 Å². The predicted octanol–water partition coefficient (Wildman–Crippen LogP) is 2.45. The van der Waals surface area contributed by atoms with Gasteiger partial charge < -0.3 is 4.90 Å². The van der Waals surface area contributed by atoms with Crippen LogP contribution in [0.3, 0.4) is 0 Å². The molecule has 0 amide bonds. The van der Waals surface area contributed by atoms with Gasteiger partial charge in [0.25, 0.3) is 5.56 Å². The predicted molar refractivity (Wildman–Crippen MR) is 107 cm³/mol. The fraction of sp³-hybridized carbons (Fsp3) is 0.778. The van der Waals surface area contributed by atoms with Gasteiger partial charge in [-0.2, -0.15) is 5.10 Å². The van der Waals surface area contributed by atoms with Crippen LogP contribution in [0.2, 0.25) is 0 Å². The molecular formula is C18H32Cl2N4O. The van der Waals surface area contributed by atoms with Crippen LogP contribution >= 0.6 is 24.8 Å². The third-order valence-corrected chi connectivity index (χ3v) is 5.67. The van der Waals surface area contributed by atoms with Crippen LogP contribution < -0.4 is 5.56 Å². The number of halogens is 2. The van der Waals surface area contributed by atoms with E-state index in [-0.39, 0.29) is 30.4 Å². The topological polar surface area (TPSA) is 52.2 Å². The van der Waals surface area contributed by atoms with Gasteiger partial charge in [-0.3, -0.25) is 9.69 Å². The van der Waals surface area contributed by atoms with Gasteiger partial charge in [0.2, 0.25) is 0 Å². The van der Waals surface area contributed by atoms with Crippen LogP contribution in [0.5, 0.6) is 0 Å². The first-order valence-electron chi connectivity index (χ1n) is 9.24. The zero-order valence-corrected chi connectivity index (χ0v) is 17.1. The molecule has 3 rings (SSSR count). The molecular weight excluding hydrogens is 359 g/mol. The van der Waals surface area contributed by atoms with Crippen LogP contribution in [0.25, 0.3) is 0 Å². The van der Waals surface area contributed by atoms with Crippen molar-refractivity contribution in [1.82, 2.24) is 20.0 Å². The van der Waals surface area contributed by atoms with Crippen molar-refractivity contribution in [3.8, 4) is 0 Å². The van der Waals surface area contributed by atoms with Crippen molar-refractivity contribution in [3.63, 3.8) is 0 Å². The minimum atomic E-state index is 0. The summed E-state index contributed by atoms with van der Waals surface area (Å²) >= 11 is 0. The Morgan fingerprint density at radius 3 is 2.36 bits per heavy atom. The lowest BCUT2D eigenvalue weighted by molar-refractivity contribution is 0.101. The van der Waals surface area contributed by atoms with Crippen LogP contribution in [0, 0.1) is 0 Å². The first-order chi connectivity index (χ1) is 11.2. The lowest BCUT2D eigenvalue weighted by Gasteiger charge is -2.37. The first-order valence-corrected chi connectivity index (χ1v) is 9.24. The molecule has 1 aromatic heterocycles. The van der Waals surface area contributed by atoms with Crippen LogP contribution in [-0.2, 0) is 19.3 Å². The largest absolute Gasteiger partial charge is 0.300 e. The summed E-state index contributed by atoms with van der Waals surface area (Å²) < 4.78 is 0. The Morgan fingerprint density at radius 2 is 1.72 bits per heavy atom. The highest BCUT2D eigenvalue weighted by atomic mass is 35.5. The first kappa shape index (κ1) is 22.4. The molecule has 1 saturated heterocycles. The van der Waals surface area contributed by atoms with Gasteiger partial charge in [-0.05, 0) is 44.6 Å². The molecule has 1 atom stereocenters. The molecule has 0 bridgehead atoms. The molecule has 7 heteroatoms. The number of piperazine rings is 1. The molecule has 1 unspecified atom stereocenters. The average molecular weight is 391 g/mol. The maximum Gasteiger partial charge on any atom is 0.267 e. The fourth-order valence-corrected chi connectivity index (χ4v) is 3.88. The minimum Gasteiger partial charge on any atom is -0.300 e. The van der Waals surface area contributed by atoms with Gasteiger partial charge in [-0.1, -0.05) is 6.92 Å². The number of fused-ring (bicyclic) bond motifs is 1. The van der Waals surface area contributed by atoms with Crippen molar-refractivity contribution >= 4 is 24.8 Å². The van der Waals surface area contributed by atoms with Crippen LogP contribution in [-0.4, -0.2) is 58.8 Å². The van der Waals surface area contributed by atoms with Crippen molar-refractivity contribution in [1.29, 1.82) is 0 Å². The summed E-state index contributed by atoms with van der Waals surface area (Å²) in [6.07, 6.45) is 6.48. The summed E-state index contributed by atoms with van der Waals surface area (Å²) in [5, 5.41) is 7.07. The monoisotopic (exact) mass is 390 g/mol. The highest BCUT2D eigenvalue weighted by Gasteiger charge is 2.21. The van der Waals surface area contributed by atoms with Crippen LogP contribution in [0.1, 0.15) is 49.9 Å². The summed E-state index contributed by atoms with van der Waals surface area (Å²) in [5.74, 6) is 0. The van der Waals surface area contributed by atoms with E-state index in [1.165, 1.54) is 31.5 Å². The van der Waals surface area contributed by atoms with Gasteiger partial charge in [0, 0.05) is 50.7 Å². The number of hydrogen-bond donors (Lipinski definition) is 1. The van der Waals surface area contributed by atoms with E-state index < -0.39 is 0 Å². The maximum absolute atomic E-state index is 11.9. The third-order valence-electron chi connectivity index (χ3n) is 5.67. The maximum atomic E-state index is 11.9. The van der Waals surface area contributed by atoms with Crippen molar-refractivity contribution in [2.75, 3.05) is 32.7 Å². The van der Waals surface area contributed by atoms with Crippen molar-refractivity contribution in [2.45, 2.75) is 58.4 Å². The van der Waals surface area contributed by atoms with Crippen molar-refractivity contribution < 1.29 is 0 Å². The van der Waals surface area contributed by atoms with Crippen molar-refractivity contribution in [3.05, 3.63) is 27.2 Å². The molecule has 1 N–H and O–H groups in total. The van der Waals surface area contributed by atoms with E-state index in [1.807, 2.05) is 0 Å². The molecule has 0 aromatic carbocycles.